The number of benzene rings is 1. The van der Waals surface area contributed by atoms with Crippen LogP contribution in [0.15, 0.2) is 36.9 Å². The van der Waals surface area contributed by atoms with Gasteiger partial charge in [0.05, 0.1) is 0 Å². The lowest BCUT2D eigenvalue weighted by molar-refractivity contribution is -0.274. The second-order valence-corrected chi connectivity index (χ2v) is 3.98. The van der Waals surface area contributed by atoms with Crippen LogP contribution in [0, 0.1) is 0 Å². The van der Waals surface area contributed by atoms with Gasteiger partial charge in [0.1, 0.15) is 11.8 Å². The minimum Gasteiger partial charge on any atom is -0.406 e. The van der Waals surface area contributed by atoms with Gasteiger partial charge in [-0.25, -0.2) is 0 Å². The van der Waals surface area contributed by atoms with Crippen molar-refractivity contribution >= 4 is 11.6 Å². The topological polar surface area (TPSA) is 50.4 Å². The van der Waals surface area contributed by atoms with E-state index in [4.69, 9.17) is 0 Å². The van der Waals surface area contributed by atoms with E-state index in [9.17, 15) is 18.0 Å². The Balaban J connectivity index is 2.66. The van der Waals surface area contributed by atoms with Gasteiger partial charge in [0, 0.05) is 18.3 Å². The predicted octanol–water partition coefficient (Wildman–Crippen LogP) is 2.69. The fourth-order valence-electron chi connectivity index (χ4n) is 1.42. The summed E-state index contributed by atoms with van der Waals surface area (Å²) in [6, 6.07) is 4.69. The molecule has 2 N–H and O–H groups in total. The maximum absolute atomic E-state index is 12.1. The van der Waals surface area contributed by atoms with Gasteiger partial charge < -0.3 is 15.4 Å². The Labute approximate surface area is 114 Å². The minimum absolute atomic E-state index is 0.285. The van der Waals surface area contributed by atoms with Crippen molar-refractivity contribution in [2.45, 2.75) is 19.3 Å². The van der Waals surface area contributed by atoms with Crippen LogP contribution in [0.5, 0.6) is 5.75 Å². The quantitative estimate of drug-likeness (QED) is 0.791. The summed E-state index contributed by atoms with van der Waals surface area (Å²) < 4.78 is 40.1. The Morgan fingerprint density at radius 1 is 1.50 bits per heavy atom. The minimum atomic E-state index is -4.74. The number of anilines is 1. The zero-order valence-corrected chi connectivity index (χ0v) is 10.8. The van der Waals surface area contributed by atoms with Crippen molar-refractivity contribution in [3.8, 4) is 5.75 Å². The van der Waals surface area contributed by atoms with Crippen molar-refractivity contribution in [1.82, 2.24) is 5.32 Å². The number of rotatable bonds is 6. The number of carbonyl (C=O) groups is 1. The molecule has 7 heteroatoms. The van der Waals surface area contributed by atoms with Crippen molar-refractivity contribution in [3.05, 3.63) is 36.9 Å². The van der Waals surface area contributed by atoms with Crippen LogP contribution in [0.1, 0.15) is 6.92 Å². The van der Waals surface area contributed by atoms with Gasteiger partial charge >= 0.3 is 6.36 Å². The summed E-state index contributed by atoms with van der Waals surface area (Å²) >= 11 is 0. The number of hydrogen-bond donors (Lipinski definition) is 2. The number of amides is 1. The average molecular weight is 288 g/mol. The Kier molecular flexibility index (Phi) is 5.42. The van der Waals surface area contributed by atoms with Gasteiger partial charge in [-0.15, -0.1) is 19.8 Å². The van der Waals surface area contributed by atoms with E-state index in [-0.39, 0.29) is 11.7 Å². The molecule has 0 heterocycles. The maximum Gasteiger partial charge on any atom is 0.573 e. The number of ether oxygens (including phenoxy) is 1. The van der Waals surface area contributed by atoms with Crippen molar-refractivity contribution in [2.75, 3.05) is 11.9 Å². The molecule has 0 bridgehead atoms. The Morgan fingerprint density at radius 2 is 2.20 bits per heavy atom. The molecule has 20 heavy (non-hydrogen) atoms. The monoisotopic (exact) mass is 288 g/mol. The molecule has 1 atom stereocenters. The lowest BCUT2D eigenvalue weighted by Crippen LogP contribution is -2.37. The molecule has 1 amide bonds. The molecule has 0 spiro atoms. The summed E-state index contributed by atoms with van der Waals surface area (Å²) in [6.07, 6.45) is -3.21. The molecule has 1 rings (SSSR count). The number of halogens is 3. The predicted molar refractivity (Wildman–Crippen MR) is 69.4 cm³/mol. The van der Waals surface area contributed by atoms with Crippen LogP contribution in [0.4, 0.5) is 18.9 Å². The SMILES string of the molecule is C=CCNC(=O)C(C)Nc1cccc(OC(F)(F)F)c1. The first-order chi connectivity index (χ1) is 9.31. The second kappa shape index (κ2) is 6.83. The van der Waals surface area contributed by atoms with Crippen LogP contribution in [0.2, 0.25) is 0 Å². The van der Waals surface area contributed by atoms with E-state index in [0.717, 1.165) is 0 Å². The highest BCUT2D eigenvalue weighted by atomic mass is 19.4. The normalized spacial score (nSPS) is 12.4. The van der Waals surface area contributed by atoms with E-state index >= 15 is 0 Å². The van der Waals surface area contributed by atoms with Gasteiger partial charge in [0.25, 0.3) is 0 Å². The van der Waals surface area contributed by atoms with Crippen LogP contribution in [-0.2, 0) is 4.79 Å². The highest BCUT2D eigenvalue weighted by Gasteiger charge is 2.31. The van der Waals surface area contributed by atoms with Crippen LogP contribution in [0.3, 0.4) is 0 Å². The summed E-state index contributed by atoms with van der Waals surface area (Å²) in [6.45, 7) is 5.38. The molecular formula is C13H15F3N2O2. The van der Waals surface area contributed by atoms with Gasteiger partial charge in [-0.3, -0.25) is 4.79 Å². The third-order valence-electron chi connectivity index (χ3n) is 2.26. The smallest absolute Gasteiger partial charge is 0.406 e. The van der Waals surface area contributed by atoms with Crippen molar-refractivity contribution in [2.24, 2.45) is 0 Å². The van der Waals surface area contributed by atoms with Crippen LogP contribution >= 0.6 is 0 Å². The van der Waals surface area contributed by atoms with Crippen LogP contribution < -0.4 is 15.4 Å². The molecule has 0 aliphatic rings. The molecule has 0 saturated heterocycles. The molecule has 0 aromatic heterocycles. The molecule has 0 fully saturated rings. The first-order valence-corrected chi connectivity index (χ1v) is 5.83. The molecule has 0 saturated carbocycles. The van der Waals surface area contributed by atoms with Gasteiger partial charge in [-0.05, 0) is 19.1 Å². The maximum atomic E-state index is 12.1. The zero-order chi connectivity index (χ0) is 15.2. The van der Waals surface area contributed by atoms with Gasteiger partial charge in [0.15, 0.2) is 0 Å². The van der Waals surface area contributed by atoms with E-state index in [1.165, 1.54) is 24.3 Å². The molecule has 0 aliphatic heterocycles. The van der Waals surface area contributed by atoms with Crippen molar-refractivity contribution < 1.29 is 22.7 Å². The largest absolute Gasteiger partial charge is 0.573 e. The Hall–Kier alpha value is -2.18. The van der Waals surface area contributed by atoms with Crippen LogP contribution in [0.25, 0.3) is 0 Å². The molecule has 4 nitrogen and oxygen atoms in total. The molecule has 0 aliphatic carbocycles. The van der Waals surface area contributed by atoms with Crippen LogP contribution in [-0.4, -0.2) is 24.9 Å². The first kappa shape index (κ1) is 15.9. The lowest BCUT2D eigenvalue weighted by atomic mass is 10.2. The van der Waals surface area contributed by atoms with Crippen molar-refractivity contribution in [3.63, 3.8) is 0 Å². The van der Waals surface area contributed by atoms with Crippen molar-refractivity contribution in [1.29, 1.82) is 0 Å². The van der Waals surface area contributed by atoms with E-state index in [2.05, 4.69) is 21.9 Å². The van der Waals surface area contributed by atoms with E-state index < -0.39 is 12.4 Å². The number of alkyl halides is 3. The summed E-state index contributed by atoms with van der Waals surface area (Å²) in [5, 5.41) is 5.36. The summed E-state index contributed by atoms with van der Waals surface area (Å²) in [5.74, 6) is -0.631. The second-order valence-electron chi connectivity index (χ2n) is 3.98. The molecular weight excluding hydrogens is 273 g/mol. The Bertz CT molecular complexity index is 475. The molecule has 1 unspecified atom stereocenters. The highest BCUT2D eigenvalue weighted by Crippen LogP contribution is 2.25. The average Bonchev–Trinajstić information content (AvgIpc) is 2.34. The number of nitrogens with one attached hydrogen (secondary N) is 2. The highest BCUT2D eigenvalue weighted by molar-refractivity contribution is 5.84. The molecule has 1 aromatic carbocycles. The van der Waals surface area contributed by atoms with Gasteiger partial charge in [-0.1, -0.05) is 12.1 Å². The van der Waals surface area contributed by atoms with Gasteiger partial charge in [0.2, 0.25) is 5.91 Å². The third kappa shape index (κ3) is 5.64. The van der Waals surface area contributed by atoms with E-state index in [1.807, 2.05) is 0 Å². The third-order valence-corrected chi connectivity index (χ3v) is 2.26. The summed E-state index contributed by atoms with van der Waals surface area (Å²) in [5.41, 5.74) is 0.355. The summed E-state index contributed by atoms with van der Waals surface area (Å²) in [7, 11) is 0. The first-order valence-electron chi connectivity index (χ1n) is 5.83. The lowest BCUT2D eigenvalue weighted by Gasteiger charge is -2.16. The molecule has 0 radical (unpaired) electrons. The fraction of sp³-hybridized carbons (Fsp3) is 0.308. The van der Waals surface area contributed by atoms with E-state index in [0.29, 0.717) is 12.2 Å². The number of hydrogen-bond acceptors (Lipinski definition) is 3. The number of carbonyl (C=O) groups excluding carboxylic acids is 1. The zero-order valence-electron chi connectivity index (χ0n) is 10.8. The Morgan fingerprint density at radius 3 is 2.80 bits per heavy atom. The standard InChI is InChI=1S/C13H15F3N2O2/c1-3-7-17-12(19)9(2)18-10-5-4-6-11(8-10)20-13(14,15)16/h3-6,8-9,18H,1,7H2,2H3,(H,17,19). The molecule has 110 valence electrons. The van der Waals surface area contributed by atoms with Gasteiger partial charge in [-0.2, -0.15) is 0 Å². The molecule has 1 aromatic rings. The van der Waals surface area contributed by atoms with E-state index in [1.54, 1.807) is 13.0 Å². The fourth-order valence-corrected chi connectivity index (χ4v) is 1.42. The summed E-state index contributed by atoms with van der Waals surface area (Å²) in [4.78, 5) is 11.6.